The Balaban J connectivity index is 1.02. The fourth-order valence-corrected chi connectivity index (χ4v) is 7.82. The van der Waals surface area contributed by atoms with Gasteiger partial charge in [0, 0.05) is 48.5 Å². The number of nitrogens with zero attached hydrogens (tertiary/aromatic N) is 4. The molecule has 1 unspecified atom stereocenters. The molecule has 0 spiro atoms. The molecule has 3 heterocycles. The average molecular weight is 597 g/mol. The molecule has 0 radical (unpaired) electrons. The van der Waals surface area contributed by atoms with Gasteiger partial charge in [-0.3, -0.25) is 9.79 Å². The maximum absolute atomic E-state index is 14.0. The zero-order valence-corrected chi connectivity index (χ0v) is 26.1. The van der Waals surface area contributed by atoms with E-state index >= 15 is 0 Å². The summed E-state index contributed by atoms with van der Waals surface area (Å²) in [4.78, 5) is 39.4. The molecular weight excluding hydrogens is 548 g/mol. The molecule has 2 saturated heterocycles. The second-order valence-electron chi connectivity index (χ2n) is 13.6. The summed E-state index contributed by atoms with van der Waals surface area (Å²) in [7, 11) is 0. The van der Waals surface area contributed by atoms with E-state index in [1.54, 1.807) is 0 Å². The second kappa shape index (κ2) is 13.3. The maximum Gasteiger partial charge on any atom is 0.321 e. The van der Waals surface area contributed by atoms with Gasteiger partial charge in [-0.25, -0.2) is 4.79 Å². The number of amides is 3. The predicted molar refractivity (Wildman–Crippen MR) is 178 cm³/mol. The van der Waals surface area contributed by atoms with Gasteiger partial charge in [0.15, 0.2) is 0 Å². The minimum atomic E-state index is -0.946. The largest absolute Gasteiger partial charge is 0.371 e. The number of likely N-dealkylation sites (tertiary alicyclic amines) is 1. The van der Waals surface area contributed by atoms with Crippen molar-refractivity contribution in [3.63, 3.8) is 0 Å². The number of nitrogens with one attached hydrogen (secondary N) is 2. The van der Waals surface area contributed by atoms with Crippen molar-refractivity contribution in [2.45, 2.75) is 89.3 Å². The van der Waals surface area contributed by atoms with Crippen molar-refractivity contribution < 1.29 is 9.59 Å². The van der Waals surface area contributed by atoms with Crippen molar-refractivity contribution in [3.8, 4) is 0 Å². The van der Waals surface area contributed by atoms with Crippen LogP contribution < -0.4 is 20.4 Å². The number of piperidine rings is 2. The quantitative estimate of drug-likeness (QED) is 0.387. The first kappa shape index (κ1) is 29.3. The summed E-state index contributed by atoms with van der Waals surface area (Å²) < 4.78 is 0. The zero-order chi connectivity index (χ0) is 29.9. The fraction of sp³-hybridized carbons (Fsp3) is 0.583. The van der Waals surface area contributed by atoms with E-state index in [2.05, 4.69) is 38.6 Å². The van der Waals surface area contributed by atoms with Gasteiger partial charge >= 0.3 is 6.03 Å². The van der Waals surface area contributed by atoms with E-state index in [0.29, 0.717) is 24.1 Å². The Morgan fingerprint density at radius 1 is 0.795 bits per heavy atom. The van der Waals surface area contributed by atoms with E-state index in [1.807, 2.05) is 35.2 Å². The first-order valence-corrected chi connectivity index (χ1v) is 17.3. The number of para-hydroxylation sites is 1. The van der Waals surface area contributed by atoms with Gasteiger partial charge in [-0.2, -0.15) is 0 Å². The molecule has 2 aromatic rings. The Labute approximate surface area is 262 Å². The molecule has 3 amide bonds. The van der Waals surface area contributed by atoms with Crippen LogP contribution in [-0.2, 0) is 4.79 Å². The number of fused-ring (bicyclic) bond motifs is 1. The van der Waals surface area contributed by atoms with Gasteiger partial charge in [-0.15, -0.1) is 0 Å². The number of carbonyl (C=O) groups excluding carboxylic acids is 2. The number of hydrogen-bond donors (Lipinski definition) is 2. The number of rotatable bonds is 7. The average Bonchev–Trinajstić information content (AvgIpc) is 3.92. The number of anilines is 3. The summed E-state index contributed by atoms with van der Waals surface area (Å²) in [5.41, 5.74) is 4.88. The van der Waals surface area contributed by atoms with E-state index in [4.69, 9.17) is 4.99 Å². The van der Waals surface area contributed by atoms with Crippen LogP contribution in [0.25, 0.3) is 0 Å². The first-order valence-electron chi connectivity index (χ1n) is 17.3. The summed E-state index contributed by atoms with van der Waals surface area (Å²) in [6.07, 6.45) is 13.6. The predicted octanol–water partition coefficient (Wildman–Crippen LogP) is 6.42. The van der Waals surface area contributed by atoms with Gasteiger partial charge < -0.3 is 25.3 Å². The van der Waals surface area contributed by atoms with Gasteiger partial charge in [0.25, 0.3) is 5.91 Å². The molecule has 5 aliphatic rings. The third-order valence-corrected chi connectivity index (χ3v) is 10.5. The van der Waals surface area contributed by atoms with Crippen molar-refractivity contribution in [2.75, 3.05) is 47.8 Å². The first-order chi connectivity index (χ1) is 21.6. The zero-order valence-electron chi connectivity index (χ0n) is 26.1. The Morgan fingerprint density at radius 3 is 2.23 bits per heavy atom. The molecule has 2 aromatic carbocycles. The van der Waals surface area contributed by atoms with Gasteiger partial charge in [0.2, 0.25) is 6.17 Å². The van der Waals surface area contributed by atoms with Crippen LogP contribution in [0, 0.1) is 11.8 Å². The molecule has 0 bridgehead atoms. The smallest absolute Gasteiger partial charge is 0.321 e. The van der Waals surface area contributed by atoms with E-state index < -0.39 is 12.2 Å². The lowest BCUT2D eigenvalue weighted by Crippen LogP contribution is -2.49. The summed E-state index contributed by atoms with van der Waals surface area (Å²) in [5.74, 6) is 0.684. The van der Waals surface area contributed by atoms with Crippen LogP contribution in [0.1, 0.15) is 82.6 Å². The molecule has 0 aromatic heterocycles. The van der Waals surface area contributed by atoms with Gasteiger partial charge in [-0.1, -0.05) is 43.9 Å². The van der Waals surface area contributed by atoms with Crippen molar-refractivity contribution in [1.82, 2.24) is 10.2 Å². The summed E-state index contributed by atoms with van der Waals surface area (Å²) in [6, 6.07) is 16.6. The van der Waals surface area contributed by atoms with Crippen LogP contribution in [0.5, 0.6) is 0 Å². The molecule has 4 fully saturated rings. The monoisotopic (exact) mass is 596 g/mol. The minimum Gasteiger partial charge on any atom is -0.371 e. The minimum absolute atomic E-state index is 0.145. The summed E-state index contributed by atoms with van der Waals surface area (Å²) in [6.45, 7) is 5.34. The highest BCUT2D eigenvalue weighted by molar-refractivity contribution is 6.14. The number of carbonyl (C=O) groups is 2. The van der Waals surface area contributed by atoms with E-state index in [1.165, 1.54) is 70.1 Å². The topological polar surface area (TPSA) is 80.3 Å². The van der Waals surface area contributed by atoms with E-state index in [-0.39, 0.29) is 5.91 Å². The Bertz CT molecular complexity index is 1330. The van der Waals surface area contributed by atoms with Gasteiger partial charge in [0.05, 0.1) is 11.4 Å². The third kappa shape index (κ3) is 6.65. The van der Waals surface area contributed by atoms with E-state index in [0.717, 1.165) is 61.8 Å². The normalized spacial score (nSPS) is 24.0. The summed E-state index contributed by atoms with van der Waals surface area (Å²) in [5, 5.41) is 5.93. The van der Waals surface area contributed by atoms with Crippen LogP contribution in [0.4, 0.5) is 21.9 Å². The molecule has 2 saturated carbocycles. The highest BCUT2D eigenvalue weighted by atomic mass is 16.2. The molecule has 2 N–H and O–H groups in total. The van der Waals surface area contributed by atoms with Gasteiger partial charge in [-0.05, 0) is 101 Å². The van der Waals surface area contributed by atoms with Crippen molar-refractivity contribution in [3.05, 3.63) is 54.1 Å². The molecule has 1 atom stereocenters. The van der Waals surface area contributed by atoms with E-state index in [9.17, 15) is 9.59 Å². The Kier molecular flexibility index (Phi) is 8.87. The van der Waals surface area contributed by atoms with Crippen LogP contribution in [0.2, 0.25) is 0 Å². The lowest BCUT2D eigenvalue weighted by molar-refractivity contribution is -0.120. The highest BCUT2D eigenvalue weighted by Gasteiger charge is 2.37. The number of benzodiazepines with no additional fused rings is 1. The number of benzene rings is 2. The molecule has 2 aliphatic carbocycles. The highest BCUT2D eigenvalue weighted by Crippen LogP contribution is 2.37. The second-order valence-corrected chi connectivity index (χ2v) is 13.6. The van der Waals surface area contributed by atoms with Gasteiger partial charge in [0.1, 0.15) is 0 Å². The van der Waals surface area contributed by atoms with Crippen molar-refractivity contribution in [1.29, 1.82) is 0 Å². The van der Waals surface area contributed by atoms with Crippen molar-refractivity contribution >= 4 is 34.7 Å². The molecule has 8 heteroatoms. The molecule has 44 heavy (non-hydrogen) atoms. The Hall–Kier alpha value is -3.39. The van der Waals surface area contributed by atoms with Crippen LogP contribution in [0.3, 0.4) is 0 Å². The number of hydrogen-bond acceptors (Lipinski definition) is 5. The Morgan fingerprint density at radius 2 is 1.50 bits per heavy atom. The maximum atomic E-state index is 14.0. The SMILES string of the molecule is O=C(Nc1ccc(N2CCC(N3CCCCC3)CC2)cc1)NC1N=C(C2CCCCC2)c2ccccc2N(CC2CC2)C1=O. The van der Waals surface area contributed by atoms with Crippen molar-refractivity contribution in [2.24, 2.45) is 16.8 Å². The number of aliphatic imine (C=N–C) groups is 1. The molecule has 8 nitrogen and oxygen atoms in total. The van der Waals surface area contributed by atoms with Crippen LogP contribution >= 0.6 is 0 Å². The molecular formula is C36H48N6O2. The standard InChI is InChI=1S/C36H48N6O2/c43-35-34(38-33(27-9-3-1-4-10-27)31-11-5-6-12-32(31)42(35)25-26-13-14-26)39-36(44)37-28-15-17-29(18-16-28)41-23-19-30(20-24-41)40-21-7-2-8-22-40/h5-6,11-12,15-18,26-27,30,34H,1-4,7-10,13-14,19-25H2,(H2,37,39,44). The molecule has 7 rings (SSSR count). The lowest BCUT2D eigenvalue weighted by atomic mass is 9.83. The van der Waals surface area contributed by atoms with Crippen LogP contribution in [0.15, 0.2) is 53.5 Å². The third-order valence-electron chi connectivity index (χ3n) is 10.5. The summed E-state index contributed by atoms with van der Waals surface area (Å²) >= 11 is 0. The molecule has 234 valence electrons. The number of urea groups is 1. The molecule has 3 aliphatic heterocycles. The lowest BCUT2D eigenvalue weighted by Gasteiger charge is -2.41. The fourth-order valence-electron chi connectivity index (χ4n) is 7.82. The van der Waals surface area contributed by atoms with Crippen LogP contribution in [-0.4, -0.2) is 67.5 Å².